The monoisotopic (exact) mass is 407 g/mol. The molecule has 0 aliphatic heterocycles. The molecular formula is C21H21N5O2S. The fourth-order valence-corrected chi connectivity index (χ4v) is 3.29. The molecule has 0 spiro atoms. The lowest BCUT2D eigenvalue weighted by Crippen LogP contribution is -2.19. The molecule has 3 aromatic rings. The summed E-state index contributed by atoms with van der Waals surface area (Å²) in [4.78, 5) is 32.8. The predicted molar refractivity (Wildman–Crippen MR) is 116 cm³/mol. The first-order chi connectivity index (χ1) is 14.0. The second-order valence-electron chi connectivity index (χ2n) is 6.29. The highest BCUT2D eigenvalue weighted by Crippen LogP contribution is 2.17. The molecule has 0 aliphatic carbocycles. The van der Waals surface area contributed by atoms with Crippen LogP contribution in [-0.2, 0) is 4.79 Å². The minimum atomic E-state index is -0.335. The number of hydrogen-bond donors (Lipinski definition) is 3. The minimum Gasteiger partial charge on any atom is -0.325 e. The van der Waals surface area contributed by atoms with Crippen LogP contribution in [0.2, 0.25) is 0 Å². The number of nitrogens with one attached hydrogen (secondary N) is 3. The average Bonchev–Trinajstić information content (AvgIpc) is 2.68. The largest absolute Gasteiger partial charge is 0.325 e. The van der Waals surface area contributed by atoms with Gasteiger partial charge in [0.25, 0.3) is 0 Å². The first kappa shape index (κ1) is 20.3. The van der Waals surface area contributed by atoms with Crippen LogP contribution in [0.1, 0.15) is 11.4 Å². The smallest absolute Gasteiger partial charge is 0.323 e. The van der Waals surface area contributed by atoms with Crippen molar-refractivity contribution in [3.8, 4) is 0 Å². The van der Waals surface area contributed by atoms with E-state index < -0.39 is 0 Å². The number of nitrogens with zero attached hydrogens (tertiary/aromatic N) is 2. The summed E-state index contributed by atoms with van der Waals surface area (Å²) >= 11 is 1.29. The molecule has 0 saturated carbocycles. The highest BCUT2D eigenvalue weighted by atomic mass is 32.2. The molecule has 0 saturated heterocycles. The Bertz CT molecular complexity index is 973. The van der Waals surface area contributed by atoms with Gasteiger partial charge in [0.1, 0.15) is 0 Å². The molecule has 3 N–H and O–H groups in total. The molecule has 7 nitrogen and oxygen atoms in total. The van der Waals surface area contributed by atoms with E-state index in [1.165, 1.54) is 11.8 Å². The molecule has 0 unspecified atom stereocenters. The Kier molecular flexibility index (Phi) is 6.80. The van der Waals surface area contributed by atoms with E-state index in [-0.39, 0.29) is 17.7 Å². The summed E-state index contributed by atoms with van der Waals surface area (Å²) in [6.45, 7) is 3.79. The van der Waals surface area contributed by atoms with Crippen LogP contribution in [0.25, 0.3) is 0 Å². The maximum atomic E-state index is 12.2. The number of rotatable bonds is 6. The van der Waals surface area contributed by atoms with Gasteiger partial charge >= 0.3 is 6.03 Å². The summed E-state index contributed by atoms with van der Waals surface area (Å²) in [5.74, 6) is 0.0582. The Hall–Kier alpha value is -3.39. The summed E-state index contributed by atoms with van der Waals surface area (Å²) in [7, 11) is 0. The van der Waals surface area contributed by atoms with Crippen LogP contribution in [0.3, 0.4) is 0 Å². The van der Waals surface area contributed by atoms with Crippen LogP contribution in [0, 0.1) is 13.8 Å². The van der Waals surface area contributed by atoms with Gasteiger partial charge in [-0.15, -0.1) is 0 Å². The van der Waals surface area contributed by atoms with Gasteiger partial charge < -0.3 is 16.0 Å². The third kappa shape index (κ3) is 6.62. The zero-order chi connectivity index (χ0) is 20.6. The van der Waals surface area contributed by atoms with Crippen molar-refractivity contribution in [1.82, 2.24) is 9.97 Å². The van der Waals surface area contributed by atoms with E-state index in [0.717, 1.165) is 11.4 Å². The molecule has 1 aromatic heterocycles. The maximum Gasteiger partial charge on any atom is 0.323 e. The van der Waals surface area contributed by atoms with E-state index in [0.29, 0.717) is 22.2 Å². The Morgan fingerprint density at radius 3 is 1.90 bits per heavy atom. The van der Waals surface area contributed by atoms with Gasteiger partial charge in [0.05, 0.1) is 5.75 Å². The highest BCUT2D eigenvalue weighted by molar-refractivity contribution is 7.99. The SMILES string of the molecule is Cc1cc(C)nc(SCC(=O)Nc2ccc(NC(=O)Nc3ccccc3)cc2)n1. The number of para-hydroxylation sites is 1. The molecule has 3 amide bonds. The summed E-state index contributed by atoms with van der Waals surface area (Å²) < 4.78 is 0. The molecule has 29 heavy (non-hydrogen) atoms. The van der Waals surface area contributed by atoms with Gasteiger partial charge in [-0.2, -0.15) is 0 Å². The molecule has 0 atom stereocenters. The van der Waals surface area contributed by atoms with Crippen LogP contribution < -0.4 is 16.0 Å². The van der Waals surface area contributed by atoms with Gasteiger partial charge in [0, 0.05) is 28.5 Å². The van der Waals surface area contributed by atoms with Crippen molar-refractivity contribution in [3.05, 3.63) is 72.1 Å². The van der Waals surface area contributed by atoms with Gasteiger partial charge in [0.15, 0.2) is 5.16 Å². The molecule has 8 heteroatoms. The quantitative estimate of drug-likeness (QED) is 0.414. The third-order valence-electron chi connectivity index (χ3n) is 3.75. The number of benzene rings is 2. The maximum absolute atomic E-state index is 12.2. The second-order valence-corrected chi connectivity index (χ2v) is 7.24. The number of aromatic nitrogens is 2. The molecule has 1 heterocycles. The lowest BCUT2D eigenvalue weighted by atomic mass is 10.3. The number of thioether (sulfide) groups is 1. The van der Waals surface area contributed by atoms with Crippen molar-refractivity contribution in [2.45, 2.75) is 19.0 Å². The predicted octanol–water partition coefficient (Wildman–Crippen LogP) is 4.47. The topological polar surface area (TPSA) is 96.0 Å². The molecule has 0 fully saturated rings. The van der Waals surface area contributed by atoms with Crippen molar-refractivity contribution in [2.75, 3.05) is 21.7 Å². The highest BCUT2D eigenvalue weighted by Gasteiger charge is 2.07. The van der Waals surface area contributed by atoms with E-state index in [9.17, 15) is 9.59 Å². The van der Waals surface area contributed by atoms with Gasteiger partial charge in [-0.05, 0) is 56.3 Å². The van der Waals surface area contributed by atoms with Crippen LogP contribution in [-0.4, -0.2) is 27.7 Å². The number of hydrogen-bond acceptors (Lipinski definition) is 5. The molecular weight excluding hydrogens is 386 g/mol. The minimum absolute atomic E-state index is 0.153. The third-order valence-corrected chi connectivity index (χ3v) is 4.60. The lowest BCUT2D eigenvalue weighted by Gasteiger charge is -2.09. The molecule has 3 rings (SSSR count). The fourth-order valence-electron chi connectivity index (χ4n) is 2.54. The number of anilines is 3. The average molecular weight is 407 g/mol. The first-order valence-corrected chi connectivity index (χ1v) is 9.94. The second kappa shape index (κ2) is 9.70. The van der Waals surface area contributed by atoms with Gasteiger partial charge in [-0.25, -0.2) is 14.8 Å². The standard InChI is InChI=1S/C21H21N5O2S/c1-14-12-15(2)23-21(22-14)29-13-19(27)24-17-8-10-18(11-9-17)26-20(28)25-16-6-4-3-5-7-16/h3-12H,13H2,1-2H3,(H,24,27)(H2,25,26,28). The number of carbonyl (C=O) groups is 2. The Morgan fingerprint density at radius 1 is 0.793 bits per heavy atom. The lowest BCUT2D eigenvalue weighted by molar-refractivity contribution is -0.113. The van der Waals surface area contributed by atoms with Crippen molar-refractivity contribution in [2.24, 2.45) is 0 Å². The van der Waals surface area contributed by atoms with E-state index in [1.54, 1.807) is 36.4 Å². The Balaban J connectivity index is 1.48. The molecule has 2 aromatic carbocycles. The zero-order valence-corrected chi connectivity index (χ0v) is 16.9. The summed E-state index contributed by atoms with van der Waals surface area (Å²) in [6.07, 6.45) is 0. The summed E-state index contributed by atoms with van der Waals surface area (Å²) in [6, 6.07) is 17.6. The number of carbonyl (C=O) groups excluding carboxylic acids is 2. The van der Waals surface area contributed by atoms with Crippen LogP contribution in [0.5, 0.6) is 0 Å². The van der Waals surface area contributed by atoms with Crippen molar-refractivity contribution in [3.63, 3.8) is 0 Å². The van der Waals surface area contributed by atoms with E-state index >= 15 is 0 Å². The van der Waals surface area contributed by atoms with Crippen LogP contribution >= 0.6 is 11.8 Å². The van der Waals surface area contributed by atoms with Gasteiger partial charge in [-0.3, -0.25) is 4.79 Å². The number of amides is 3. The zero-order valence-electron chi connectivity index (χ0n) is 16.1. The Morgan fingerprint density at radius 2 is 1.31 bits per heavy atom. The number of aryl methyl sites for hydroxylation is 2. The molecule has 0 radical (unpaired) electrons. The van der Waals surface area contributed by atoms with Crippen molar-refractivity contribution in [1.29, 1.82) is 0 Å². The van der Waals surface area contributed by atoms with Gasteiger partial charge in [0.2, 0.25) is 5.91 Å². The molecule has 0 bridgehead atoms. The summed E-state index contributed by atoms with van der Waals surface area (Å²) in [5.41, 5.74) is 3.72. The van der Waals surface area contributed by atoms with Crippen molar-refractivity contribution < 1.29 is 9.59 Å². The fraction of sp³-hybridized carbons (Fsp3) is 0.143. The summed E-state index contributed by atoms with van der Waals surface area (Å²) in [5, 5.41) is 8.89. The van der Waals surface area contributed by atoms with E-state index in [2.05, 4.69) is 25.9 Å². The normalized spacial score (nSPS) is 10.3. The first-order valence-electron chi connectivity index (χ1n) is 8.96. The molecule has 148 valence electrons. The van der Waals surface area contributed by atoms with Crippen LogP contribution in [0.4, 0.5) is 21.9 Å². The van der Waals surface area contributed by atoms with E-state index in [4.69, 9.17) is 0 Å². The Labute approximate surface area is 173 Å². The van der Waals surface area contributed by atoms with E-state index in [1.807, 2.05) is 38.1 Å². The van der Waals surface area contributed by atoms with Crippen molar-refractivity contribution >= 4 is 40.8 Å². The number of urea groups is 1. The van der Waals surface area contributed by atoms with Crippen LogP contribution in [0.15, 0.2) is 65.8 Å². The molecule has 0 aliphatic rings. The van der Waals surface area contributed by atoms with Gasteiger partial charge in [-0.1, -0.05) is 30.0 Å².